The standard InChI is InChI=1S/C25H31FN4O/c1-3-12-27-24(31)25(26)11-7-9-20(18-25)22-17-19-8-5-6-10-21(19)23(28-22)30-15-13-29(4-2)14-16-30/h5-11,17H,3-4,12-16,18H2,1-2H3,(H,27,31). The molecule has 1 unspecified atom stereocenters. The van der Waals surface area contributed by atoms with E-state index in [2.05, 4.69) is 34.2 Å². The van der Waals surface area contributed by atoms with Crippen LogP contribution in [0.5, 0.6) is 0 Å². The lowest BCUT2D eigenvalue weighted by atomic mass is 9.88. The molecule has 0 radical (unpaired) electrons. The molecular formula is C25H31FN4O. The zero-order valence-corrected chi connectivity index (χ0v) is 18.4. The minimum atomic E-state index is -2.04. The highest BCUT2D eigenvalue weighted by Gasteiger charge is 2.38. The third kappa shape index (κ3) is 4.49. The number of nitrogens with zero attached hydrogens (tertiary/aromatic N) is 3. The number of fused-ring (bicyclic) bond motifs is 1. The molecule has 1 amide bonds. The van der Waals surface area contributed by atoms with Crippen LogP contribution in [0.3, 0.4) is 0 Å². The lowest BCUT2D eigenvalue weighted by molar-refractivity contribution is -0.129. The van der Waals surface area contributed by atoms with Gasteiger partial charge >= 0.3 is 0 Å². The van der Waals surface area contributed by atoms with Crippen LogP contribution in [0.1, 0.15) is 32.4 Å². The van der Waals surface area contributed by atoms with Crippen molar-refractivity contribution in [2.45, 2.75) is 32.4 Å². The summed E-state index contributed by atoms with van der Waals surface area (Å²) in [4.78, 5) is 22.2. The highest BCUT2D eigenvalue weighted by molar-refractivity contribution is 5.96. The van der Waals surface area contributed by atoms with E-state index in [9.17, 15) is 4.79 Å². The number of hydrogen-bond donors (Lipinski definition) is 1. The van der Waals surface area contributed by atoms with Crippen molar-refractivity contribution in [3.8, 4) is 0 Å². The Morgan fingerprint density at radius 3 is 2.71 bits per heavy atom. The average Bonchev–Trinajstić information content (AvgIpc) is 2.82. The molecule has 6 heteroatoms. The van der Waals surface area contributed by atoms with E-state index in [-0.39, 0.29) is 6.42 Å². The van der Waals surface area contributed by atoms with Crippen LogP contribution in [0, 0.1) is 0 Å². The van der Waals surface area contributed by atoms with Gasteiger partial charge in [0, 0.05) is 44.5 Å². The molecule has 1 aliphatic carbocycles. The van der Waals surface area contributed by atoms with Crippen LogP contribution >= 0.6 is 0 Å². The predicted molar refractivity (Wildman–Crippen MR) is 125 cm³/mol. The lowest BCUT2D eigenvalue weighted by Crippen LogP contribution is -2.46. The first-order valence-corrected chi connectivity index (χ1v) is 11.3. The minimum Gasteiger partial charge on any atom is -0.354 e. The molecule has 1 aliphatic heterocycles. The highest BCUT2D eigenvalue weighted by atomic mass is 19.1. The normalized spacial score (nSPS) is 21.9. The van der Waals surface area contributed by atoms with E-state index < -0.39 is 11.6 Å². The number of rotatable bonds is 6. The van der Waals surface area contributed by atoms with Gasteiger partial charge < -0.3 is 15.1 Å². The van der Waals surface area contributed by atoms with E-state index in [1.165, 1.54) is 6.08 Å². The monoisotopic (exact) mass is 422 g/mol. The number of amides is 1. The fraction of sp³-hybridized carbons (Fsp3) is 0.440. The summed E-state index contributed by atoms with van der Waals surface area (Å²) in [5.41, 5.74) is -0.559. The van der Waals surface area contributed by atoms with Gasteiger partial charge in [-0.1, -0.05) is 50.3 Å². The first-order chi connectivity index (χ1) is 15.0. The Balaban J connectivity index is 1.66. The number of carbonyl (C=O) groups excluding carboxylic acids is 1. The fourth-order valence-electron chi connectivity index (χ4n) is 4.29. The molecule has 0 spiro atoms. The minimum absolute atomic E-state index is 0.00651. The predicted octanol–water partition coefficient (Wildman–Crippen LogP) is 3.95. The second kappa shape index (κ2) is 9.18. The first-order valence-electron chi connectivity index (χ1n) is 11.3. The summed E-state index contributed by atoms with van der Waals surface area (Å²) >= 11 is 0. The van der Waals surface area contributed by atoms with E-state index in [0.29, 0.717) is 6.54 Å². The third-order valence-corrected chi connectivity index (χ3v) is 6.19. The van der Waals surface area contributed by atoms with E-state index in [1.54, 1.807) is 6.08 Å². The van der Waals surface area contributed by atoms with Gasteiger partial charge in [-0.05, 0) is 36.1 Å². The summed E-state index contributed by atoms with van der Waals surface area (Å²) in [5, 5.41) is 4.88. The number of benzene rings is 1. The maximum atomic E-state index is 15.5. The quantitative estimate of drug-likeness (QED) is 0.766. The van der Waals surface area contributed by atoms with Crippen molar-refractivity contribution >= 4 is 28.1 Å². The maximum Gasteiger partial charge on any atom is 0.262 e. The zero-order valence-electron chi connectivity index (χ0n) is 18.4. The zero-order chi connectivity index (χ0) is 21.8. The number of piperazine rings is 1. The van der Waals surface area contributed by atoms with E-state index in [1.807, 2.05) is 31.2 Å². The summed E-state index contributed by atoms with van der Waals surface area (Å²) in [6.45, 7) is 9.51. The maximum absolute atomic E-state index is 15.5. The number of halogens is 1. The number of carbonyl (C=O) groups is 1. The molecule has 5 nitrogen and oxygen atoms in total. The Labute approximate surface area is 183 Å². The topological polar surface area (TPSA) is 48.5 Å². The smallest absolute Gasteiger partial charge is 0.262 e. The molecule has 2 heterocycles. The fourth-order valence-corrected chi connectivity index (χ4v) is 4.29. The second-order valence-electron chi connectivity index (χ2n) is 8.32. The Morgan fingerprint density at radius 1 is 1.19 bits per heavy atom. The molecule has 0 bridgehead atoms. The molecule has 0 saturated carbocycles. The highest BCUT2D eigenvalue weighted by Crippen LogP contribution is 2.35. The van der Waals surface area contributed by atoms with Crippen LogP contribution in [0.2, 0.25) is 0 Å². The number of allylic oxidation sites excluding steroid dienone is 3. The van der Waals surface area contributed by atoms with Crippen molar-refractivity contribution < 1.29 is 9.18 Å². The van der Waals surface area contributed by atoms with E-state index in [4.69, 9.17) is 4.98 Å². The molecule has 1 N–H and O–H groups in total. The molecule has 1 saturated heterocycles. The van der Waals surface area contributed by atoms with Gasteiger partial charge in [0.15, 0.2) is 0 Å². The van der Waals surface area contributed by atoms with Gasteiger partial charge in [-0.15, -0.1) is 0 Å². The first kappa shape index (κ1) is 21.5. The summed E-state index contributed by atoms with van der Waals surface area (Å²) in [6, 6.07) is 10.2. The SMILES string of the molecule is CCCNC(=O)C1(F)C=CC=C(c2cc3ccccc3c(N3CCN(CC)CC3)n2)C1. The van der Waals surface area contributed by atoms with Crippen LogP contribution in [0.15, 0.2) is 48.6 Å². The van der Waals surface area contributed by atoms with Gasteiger partial charge in [-0.2, -0.15) is 0 Å². The molecule has 1 atom stereocenters. The Hall–Kier alpha value is -2.73. The number of anilines is 1. The number of alkyl halides is 1. The van der Waals surface area contributed by atoms with Crippen molar-refractivity contribution in [3.05, 3.63) is 54.3 Å². The Morgan fingerprint density at radius 2 is 1.97 bits per heavy atom. The van der Waals surface area contributed by atoms with Crippen LogP contribution in [-0.2, 0) is 4.79 Å². The number of hydrogen-bond acceptors (Lipinski definition) is 4. The van der Waals surface area contributed by atoms with Crippen LogP contribution in [-0.4, -0.2) is 60.7 Å². The van der Waals surface area contributed by atoms with Gasteiger partial charge in [0.25, 0.3) is 5.91 Å². The summed E-state index contributed by atoms with van der Waals surface area (Å²) in [6.07, 6.45) is 5.64. The average molecular weight is 423 g/mol. The van der Waals surface area contributed by atoms with Gasteiger partial charge in [0.1, 0.15) is 5.82 Å². The van der Waals surface area contributed by atoms with Crippen molar-refractivity contribution in [1.29, 1.82) is 0 Å². The second-order valence-corrected chi connectivity index (χ2v) is 8.32. The molecule has 31 heavy (non-hydrogen) atoms. The molecule has 2 aromatic rings. The Kier molecular flexibility index (Phi) is 6.37. The molecule has 2 aliphatic rings. The number of aromatic nitrogens is 1. The Bertz CT molecular complexity index is 1010. The number of pyridine rings is 1. The lowest BCUT2D eigenvalue weighted by Gasteiger charge is -2.35. The van der Waals surface area contributed by atoms with Gasteiger partial charge in [0.05, 0.1) is 5.69 Å². The van der Waals surface area contributed by atoms with Crippen molar-refractivity contribution in [2.75, 3.05) is 44.2 Å². The third-order valence-electron chi connectivity index (χ3n) is 6.19. The summed E-state index contributed by atoms with van der Waals surface area (Å²) in [5.74, 6) is 0.368. The molecule has 4 rings (SSSR count). The van der Waals surface area contributed by atoms with E-state index in [0.717, 1.165) is 67.0 Å². The van der Waals surface area contributed by atoms with Gasteiger partial charge in [-0.3, -0.25) is 4.79 Å². The summed E-state index contributed by atoms with van der Waals surface area (Å²) in [7, 11) is 0. The summed E-state index contributed by atoms with van der Waals surface area (Å²) < 4.78 is 15.5. The molecular weight excluding hydrogens is 391 g/mol. The van der Waals surface area contributed by atoms with Crippen molar-refractivity contribution in [1.82, 2.24) is 15.2 Å². The molecule has 1 fully saturated rings. The van der Waals surface area contributed by atoms with Gasteiger partial charge in [0.2, 0.25) is 5.67 Å². The van der Waals surface area contributed by atoms with E-state index >= 15 is 4.39 Å². The largest absolute Gasteiger partial charge is 0.354 e. The van der Waals surface area contributed by atoms with Crippen LogP contribution in [0.4, 0.5) is 10.2 Å². The molecule has 164 valence electrons. The number of nitrogens with one attached hydrogen (secondary N) is 1. The van der Waals surface area contributed by atoms with Crippen LogP contribution in [0.25, 0.3) is 16.3 Å². The van der Waals surface area contributed by atoms with Crippen molar-refractivity contribution in [2.24, 2.45) is 0 Å². The van der Waals surface area contributed by atoms with Crippen molar-refractivity contribution in [3.63, 3.8) is 0 Å². The molecule has 1 aromatic carbocycles. The molecule has 1 aromatic heterocycles. The number of likely N-dealkylation sites (N-methyl/N-ethyl adjacent to an activating group) is 1. The van der Waals surface area contributed by atoms with Crippen LogP contribution < -0.4 is 10.2 Å². The van der Waals surface area contributed by atoms with Gasteiger partial charge in [-0.25, -0.2) is 9.37 Å².